The van der Waals surface area contributed by atoms with Gasteiger partial charge in [-0.25, -0.2) is 8.42 Å². The molecule has 0 saturated heterocycles. The molecule has 0 unspecified atom stereocenters. The normalized spacial score (nSPS) is 11.2. The maximum atomic E-state index is 10.8. The molecule has 69 valence electrons. The first-order valence-corrected chi connectivity index (χ1v) is 5.80. The van der Waals surface area contributed by atoms with Crippen molar-refractivity contribution in [2.75, 3.05) is 0 Å². The van der Waals surface area contributed by atoms with Crippen LogP contribution < -0.4 is 0 Å². The molecule has 14 heavy (non-hydrogen) atoms. The molecule has 0 bridgehead atoms. The van der Waals surface area contributed by atoms with Gasteiger partial charge in [0, 0.05) is 45.0 Å². The first-order valence-electron chi connectivity index (χ1n) is 3.51. The van der Waals surface area contributed by atoms with E-state index in [4.69, 9.17) is 0 Å². The van der Waals surface area contributed by atoms with Gasteiger partial charge in [-0.1, -0.05) is 18.2 Å². The van der Waals surface area contributed by atoms with E-state index < -0.39 is 10.1 Å². The molecule has 6 heteroatoms. The van der Waals surface area contributed by atoms with Crippen molar-refractivity contribution in [3.05, 3.63) is 29.6 Å². The molecule has 2 aromatic rings. The summed E-state index contributed by atoms with van der Waals surface area (Å²) in [5.41, 5.74) is 0. The minimum atomic E-state index is -4.33. The zero-order valence-corrected chi connectivity index (χ0v) is 11.1. The van der Waals surface area contributed by atoms with Crippen LogP contribution in [0.2, 0.25) is 0 Å². The maximum absolute atomic E-state index is 10.8. The van der Waals surface area contributed by atoms with Gasteiger partial charge in [-0.05, 0) is 6.07 Å². The summed E-state index contributed by atoms with van der Waals surface area (Å²) in [5, 5.41) is 1.90. The molecule has 2 rings (SSSR count). The number of hydrogen-bond acceptors (Lipinski definition) is 4. The molecule has 1 aromatic heterocycles. The quantitative estimate of drug-likeness (QED) is 0.556. The molecule has 3 nitrogen and oxygen atoms in total. The second kappa shape index (κ2) is 4.30. The fourth-order valence-corrected chi connectivity index (χ4v) is 3.10. The van der Waals surface area contributed by atoms with Crippen LogP contribution in [0.25, 0.3) is 10.1 Å². The molecule has 0 aliphatic heterocycles. The molecule has 0 N–H and O–H groups in total. The second-order valence-electron chi connectivity index (χ2n) is 2.55. The fourth-order valence-electron chi connectivity index (χ4n) is 1.15. The van der Waals surface area contributed by atoms with Crippen molar-refractivity contribution in [2.24, 2.45) is 0 Å². The van der Waals surface area contributed by atoms with Crippen molar-refractivity contribution in [3.8, 4) is 0 Å². The molecule has 0 aliphatic carbocycles. The number of benzene rings is 1. The Bertz CT molecular complexity index is 544. The van der Waals surface area contributed by atoms with E-state index in [-0.39, 0.29) is 34.5 Å². The van der Waals surface area contributed by atoms with E-state index in [1.54, 1.807) is 24.3 Å². The summed E-state index contributed by atoms with van der Waals surface area (Å²) < 4.78 is 33.1. The van der Waals surface area contributed by atoms with Crippen molar-refractivity contribution in [1.82, 2.24) is 0 Å². The number of fused-ring (bicyclic) bond motifs is 1. The van der Waals surface area contributed by atoms with Crippen molar-refractivity contribution in [1.29, 1.82) is 0 Å². The minimum Gasteiger partial charge on any atom is -0.744 e. The van der Waals surface area contributed by atoms with Gasteiger partial charge in [0.1, 0.15) is 10.1 Å². The van der Waals surface area contributed by atoms with Crippen molar-refractivity contribution in [2.45, 2.75) is 4.90 Å². The molecule has 1 heterocycles. The fraction of sp³-hybridized carbons (Fsp3) is 0. The largest absolute Gasteiger partial charge is 0.744 e. The Morgan fingerprint density at radius 2 is 1.86 bits per heavy atom. The Morgan fingerprint density at radius 3 is 2.50 bits per heavy atom. The van der Waals surface area contributed by atoms with E-state index in [9.17, 15) is 13.0 Å². The Labute approximate surface area is 108 Å². The first kappa shape index (κ1) is 12.2. The third-order valence-electron chi connectivity index (χ3n) is 1.71. The van der Waals surface area contributed by atoms with E-state index >= 15 is 0 Å². The Morgan fingerprint density at radius 1 is 1.21 bits per heavy atom. The van der Waals surface area contributed by atoms with Gasteiger partial charge < -0.3 is 4.55 Å². The predicted octanol–water partition coefficient (Wildman–Crippen LogP) is 1.42. The summed E-state index contributed by atoms with van der Waals surface area (Å²) in [6.07, 6.45) is 0. The molecule has 0 aliphatic rings. The van der Waals surface area contributed by atoms with Gasteiger partial charge in [-0.2, -0.15) is 0 Å². The van der Waals surface area contributed by atoms with Crippen LogP contribution in [-0.2, 0) is 10.1 Å². The Hall–Kier alpha value is 0.0900. The van der Waals surface area contributed by atoms with Gasteiger partial charge in [0.2, 0.25) is 0 Å². The molecular formula is C8H5NaO3S2-. The Balaban J connectivity index is 0.000000980. The average Bonchev–Trinajstić information content (AvgIpc) is 2.45. The molecule has 0 atom stereocenters. The number of hydrogen-bond donors (Lipinski definition) is 0. The van der Waals surface area contributed by atoms with Crippen LogP contribution in [0.5, 0.6) is 0 Å². The number of rotatable bonds is 1. The summed E-state index contributed by atoms with van der Waals surface area (Å²) >= 11 is 1.26. The summed E-state index contributed by atoms with van der Waals surface area (Å²) in [6.45, 7) is 0. The molecule has 0 spiro atoms. The Kier molecular flexibility index (Phi) is 3.74. The molecule has 0 amide bonds. The van der Waals surface area contributed by atoms with E-state index in [0.717, 1.165) is 4.70 Å². The zero-order valence-electron chi connectivity index (χ0n) is 7.43. The van der Waals surface area contributed by atoms with Crippen LogP contribution in [0.3, 0.4) is 0 Å². The topological polar surface area (TPSA) is 57.2 Å². The summed E-state index contributed by atoms with van der Waals surface area (Å²) in [7, 11) is -4.33. The van der Waals surface area contributed by atoms with Crippen LogP contribution in [0.1, 0.15) is 0 Å². The van der Waals surface area contributed by atoms with Crippen LogP contribution in [0.15, 0.2) is 34.5 Å². The van der Waals surface area contributed by atoms with Crippen molar-refractivity contribution >= 4 is 61.1 Å². The van der Waals surface area contributed by atoms with Gasteiger partial charge in [-0.3, -0.25) is 0 Å². The van der Waals surface area contributed by atoms with Crippen molar-refractivity contribution in [3.63, 3.8) is 0 Å². The van der Waals surface area contributed by atoms with Gasteiger partial charge in [0.25, 0.3) is 0 Å². The molecular weight excluding hydrogens is 231 g/mol. The summed E-state index contributed by atoms with van der Waals surface area (Å²) in [4.78, 5) is -0.117. The van der Waals surface area contributed by atoms with E-state index in [0.29, 0.717) is 5.39 Å². The van der Waals surface area contributed by atoms with Crippen LogP contribution in [-0.4, -0.2) is 42.5 Å². The zero-order chi connectivity index (χ0) is 9.47. The second-order valence-corrected chi connectivity index (χ2v) is 4.81. The SMILES string of the molecule is O=S(=O)([O-])c1csc2ccccc12.[Na]. The van der Waals surface area contributed by atoms with E-state index in [1.165, 1.54) is 16.7 Å². The van der Waals surface area contributed by atoms with Gasteiger partial charge in [-0.15, -0.1) is 11.3 Å². The smallest absolute Gasteiger partial charge is 0.125 e. The van der Waals surface area contributed by atoms with Crippen LogP contribution >= 0.6 is 11.3 Å². The standard InChI is InChI=1S/C8H6O3S2.Na/c9-13(10,11)8-5-12-7-4-2-1-3-6(7)8;/h1-5H,(H,9,10,11);/p-1. The van der Waals surface area contributed by atoms with Gasteiger partial charge >= 0.3 is 0 Å². The van der Waals surface area contributed by atoms with Gasteiger partial charge in [0.15, 0.2) is 0 Å². The summed E-state index contributed by atoms with van der Waals surface area (Å²) in [5.74, 6) is 0. The summed E-state index contributed by atoms with van der Waals surface area (Å²) in [6, 6.07) is 6.94. The molecule has 0 fully saturated rings. The van der Waals surface area contributed by atoms with Crippen LogP contribution in [0.4, 0.5) is 0 Å². The molecule has 1 radical (unpaired) electrons. The average molecular weight is 236 g/mol. The minimum absolute atomic E-state index is 0. The molecule has 0 saturated carbocycles. The molecule has 1 aromatic carbocycles. The van der Waals surface area contributed by atoms with Crippen LogP contribution in [0, 0.1) is 0 Å². The monoisotopic (exact) mass is 236 g/mol. The van der Waals surface area contributed by atoms with E-state index in [2.05, 4.69) is 0 Å². The van der Waals surface area contributed by atoms with Crippen molar-refractivity contribution < 1.29 is 13.0 Å². The predicted molar refractivity (Wildman–Crippen MR) is 55.5 cm³/mol. The van der Waals surface area contributed by atoms with E-state index in [1.807, 2.05) is 0 Å². The maximum Gasteiger partial charge on any atom is 0.125 e. The third-order valence-corrected chi connectivity index (χ3v) is 3.70. The third kappa shape index (κ3) is 2.18. The van der Waals surface area contributed by atoms with Gasteiger partial charge in [0.05, 0.1) is 4.90 Å². The first-order chi connectivity index (χ1) is 6.09. The number of thiophene rings is 1.